The largest absolute Gasteiger partial charge is 0.368 e. The first-order valence-corrected chi connectivity index (χ1v) is 10.2. The summed E-state index contributed by atoms with van der Waals surface area (Å²) in [4.78, 5) is 29.3. The van der Waals surface area contributed by atoms with Crippen molar-refractivity contribution in [1.82, 2.24) is 9.91 Å². The van der Waals surface area contributed by atoms with E-state index in [2.05, 4.69) is 10.0 Å². The number of anilines is 1. The van der Waals surface area contributed by atoms with Gasteiger partial charge in [0, 0.05) is 49.7 Å². The Bertz CT molecular complexity index is 923. The fraction of sp³-hybridized carbons (Fsp3) is 0.318. The number of benzene rings is 2. The van der Waals surface area contributed by atoms with Crippen LogP contribution >= 0.6 is 11.6 Å². The highest BCUT2D eigenvalue weighted by Crippen LogP contribution is 2.21. The molecule has 0 aliphatic carbocycles. The van der Waals surface area contributed by atoms with Crippen molar-refractivity contribution in [3.05, 3.63) is 65.2 Å². The summed E-state index contributed by atoms with van der Waals surface area (Å²) in [6.07, 6.45) is 0.720. The maximum Gasteiger partial charge on any atom is 0.270 e. The SMILES string of the molecule is O=C(C1=NN(Cc2ccccc2)C(=O)CC1)N1CCN(c2cccc(Cl)c2)CC1. The van der Waals surface area contributed by atoms with E-state index in [4.69, 9.17) is 11.6 Å². The van der Waals surface area contributed by atoms with Gasteiger partial charge in [-0.1, -0.05) is 48.0 Å². The third kappa shape index (κ3) is 4.59. The van der Waals surface area contributed by atoms with Crippen molar-refractivity contribution >= 4 is 34.8 Å². The number of piperazine rings is 1. The first-order chi connectivity index (χ1) is 14.1. The van der Waals surface area contributed by atoms with Crippen molar-refractivity contribution in [3.8, 4) is 0 Å². The molecule has 150 valence electrons. The van der Waals surface area contributed by atoms with Gasteiger partial charge in [-0.25, -0.2) is 5.01 Å². The molecule has 0 unspecified atom stereocenters. The molecule has 0 aromatic heterocycles. The highest BCUT2D eigenvalue weighted by molar-refractivity contribution is 6.39. The summed E-state index contributed by atoms with van der Waals surface area (Å²) in [7, 11) is 0. The molecule has 2 aliphatic rings. The van der Waals surface area contributed by atoms with Crippen LogP contribution < -0.4 is 4.90 Å². The predicted molar refractivity (Wildman–Crippen MR) is 114 cm³/mol. The molecule has 1 saturated heterocycles. The molecule has 7 heteroatoms. The van der Waals surface area contributed by atoms with E-state index in [1.54, 1.807) is 0 Å². The number of hydrogen-bond donors (Lipinski definition) is 0. The first-order valence-electron chi connectivity index (χ1n) is 9.82. The molecular formula is C22H23ClN4O2. The minimum absolute atomic E-state index is 0.0452. The zero-order chi connectivity index (χ0) is 20.2. The monoisotopic (exact) mass is 410 g/mol. The molecule has 29 heavy (non-hydrogen) atoms. The van der Waals surface area contributed by atoms with Gasteiger partial charge in [-0.15, -0.1) is 0 Å². The van der Waals surface area contributed by atoms with Crippen LogP contribution in [0.3, 0.4) is 0 Å². The molecule has 1 fully saturated rings. The van der Waals surface area contributed by atoms with Gasteiger partial charge in [-0.05, 0) is 23.8 Å². The molecule has 6 nitrogen and oxygen atoms in total. The van der Waals surface area contributed by atoms with Gasteiger partial charge in [-0.2, -0.15) is 5.10 Å². The van der Waals surface area contributed by atoms with Crippen LogP contribution in [0.25, 0.3) is 0 Å². The van der Waals surface area contributed by atoms with Crippen LogP contribution in [0.2, 0.25) is 5.02 Å². The lowest BCUT2D eigenvalue weighted by atomic mass is 10.1. The molecule has 2 aromatic carbocycles. The van der Waals surface area contributed by atoms with Crippen LogP contribution in [0, 0.1) is 0 Å². The maximum atomic E-state index is 13.0. The van der Waals surface area contributed by atoms with Gasteiger partial charge < -0.3 is 9.80 Å². The maximum absolute atomic E-state index is 13.0. The average molecular weight is 411 g/mol. The van der Waals surface area contributed by atoms with Gasteiger partial charge >= 0.3 is 0 Å². The summed E-state index contributed by atoms with van der Waals surface area (Å²) in [6.45, 7) is 3.12. The molecule has 0 radical (unpaired) electrons. The van der Waals surface area contributed by atoms with Gasteiger partial charge in [0.2, 0.25) is 5.91 Å². The number of hydrogen-bond acceptors (Lipinski definition) is 4. The zero-order valence-corrected chi connectivity index (χ0v) is 16.9. The Morgan fingerprint density at radius 2 is 1.72 bits per heavy atom. The summed E-state index contributed by atoms with van der Waals surface area (Å²) >= 11 is 6.09. The predicted octanol–water partition coefficient (Wildman–Crippen LogP) is 3.17. The Balaban J connectivity index is 1.40. The highest BCUT2D eigenvalue weighted by atomic mass is 35.5. The number of hydrazone groups is 1. The van der Waals surface area contributed by atoms with Crippen molar-refractivity contribution in [3.63, 3.8) is 0 Å². The Kier molecular flexibility index (Phi) is 5.81. The van der Waals surface area contributed by atoms with Crippen molar-refractivity contribution in [2.45, 2.75) is 19.4 Å². The molecule has 0 atom stereocenters. The van der Waals surface area contributed by atoms with Crippen molar-refractivity contribution in [2.24, 2.45) is 5.10 Å². The number of carbonyl (C=O) groups excluding carboxylic acids is 2. The molecule has 0 saturated carbocycles. The summed E-state index contributed by atoms with van der Waals surface area (Å²) < 4.78 is 0. The Labute approximate surface area is 175 Å². The van der Waals surface area contributed by atoms with Gasteiger partial charge in [-0.3, -0.25) is 9.59 Å². The van der Waals surface area contributed by atoms with Gasteiger partial charge in [0.1, 0.15) is 5.71 Å². The number of rotatable bonds is 4. The number of halogens is 1. The quantitative estimate of drug-likeness (QED) is 0.777. The van der Waals surface area contributed by atoms with E-state index in [9.17, 15) is 9.59 Å². The van der Waals surface area contributed by atoms with Crippen molar-refractivity contribution in [1.29, 1.82) is 0 Å². The second kappa shape index (κ2) is 8.66. The lowest BCUT2D eigenvalue weighted by Crippen LogP contribution is -2.51. The van der Waals surface area contributed by atoms with Gasteiger partial charge in [0.25, 0.3) is 5.91 Å². The lowest BCUT2D eigenvalue weighted by molar-refractivity contribution is -0.132. The third-order valence-electron chi connectivity index (χ3n) is 5.27. The third-order valence-corrected chi connectivity index (χ3v) is 5.50. The van der Waals surface area contributed by atoms with E-state index >= 15 is 0 Å². The molecule has 4 rings (SSSR count). The normalized spacial score (nSPS) is 17.3. The summed E-state index contributed by atoms with van der Waals surface area (Å²) in [6, 6.07) is 17.5. The summed E-state index contributed by atoms with van der Waals surface area (Å²) in [5.41, 5.74) is 2.53. The summed E-state index contributed by atoms with van der Waals surface area (Å²) in [5.74, 6) is -0.113. The molecule has 0 spiro atoms. The number of amides is 2. The van der Waals surface area contributed by atoms with E-state index in [-0.39, 0.29) is 11.8 Å². The fourth-order valence-corrected chi connectivity index (χ4v) is 3.84. The van der Waals surface area contributed by atoms with E-state index < -0.39 is 0 Å². The Morgan fingerprint density at radius 3 is 2.45 bits per heavy atom. The minimum atomic E-state index is -0.0682. The minimum Gasteiger partial charge on any atom is -0.368 e. The average Bonchev–Trinajstić information content (AvgIpc) is 2.76. The highest BCUT2D eigenvalue weighted by Gasteiger charge is 2.29. The summed E-state index contributed by atoms with van der Waals surface area (Å²) in [5, 5.41) is 6.53. The number of carbonyl (C=O) groups is 2. The van der Waals surface area contributed by atoms with Crippen LogP contribution in [0.1, 0.15) is 18.4 Å². The number of nitrogens with zero attached hydrogens (tertiary/aromatic N) is 4. The standard InChI is InChI=1S/C22H23ClN4O2/c23-18-7-4-8-19(15-18)25-11-13-26(14-12-25)22(29)20-9-10-21(28)27(24-20)16-17-5-2-1-3-6-17/h1-8,15H,9-14,16H2. The molecule has 0 bridgehead atoms. The Hall–Kier alpha value is -2.86. The molecule has 0 N–H and O–H groups in total. The lowest BCUT2D eigenvalue weighted by Gasteiger charge is -2.36. The second-order valence-electron chi connectivity index (χ2n) is 7.24. The zero-order valence-electron chi connectivity index (χ0n) is 16.1. The van der Waals surface area contributed by atoms with Crippen molar-refractivity contribution < 1.29 is 9.59 Å². The van der Waals surface area contributed by atoms with Gasteiger partial charge in [0.15, 0.2) is 0 Å². The molecule has 2 aliphatic heterocycles. The Morgan fingerprint density at radius 1 is 0.966 bits per heavy atom. The topological polar surface area (TPSA) is 56.2 Å². The molecule has 2 heterocycles. The van der Waals surface area contributed by atoms with E-state index in [1.165, 1.54) is 5.01 Å². The molecule has 2 amide bonds. The van der Waals surface area contributed by atoms with Crippen LogP contribution in [0.4, 0.5) is 5.69 Å². The molecular weight excluding hydrogens is 388 g/mol. The van der Waals surface area contributed by atoms with E-state index in [1.807, 2.05) is 59.5 Å². The van der Waals surface area contributed by atoms with Crippen molar-refractivity contribution in [2.75, 3.05) is 31.1 Å². The van der Waals surface area contributed by atoms with Gasteiger partial charge in [0.05, 0.1) is 6.54 Å². The van der Waals surface area contributed by atoms with E-state index in [0.717, 1.165) is 24.3 Å². The fourth-order valence-electron chi connectivity index (χ4n) is 3.66. The first kappa shape index (κ1) is 19.5. The van der Waals surface area contributed by atoms with Crippen LogP contribution in [0.5, 0.6) is 0 Å². The smallest absolute Gasteiger partial charge is 0.270 e. The van der Waals surface area contributed by atoms with Crippen LogP contribution in [-0.2, 0) is 16.1 Å². The van der Waals surface area contributed by atoms with E-state index in [0.29, 0.717) is 43.2 Å². The molecule has 2 aromatic rings. The second-order valence-corrected chi connectivity index (χ2v) is 7.68. The van der Waals surface area contributed by atoms with Crippen LogP contribution in [0.15, 0.2) is 59.7 Å². The van der Waals surface area contributed by atoms with Crippen LogP contribution in [-0.4, -0.2) is 53.6 Å².